The Labute approximate surface area is 220 Å². The predicted octanol–water partition coefficient (Wildman–Crippen LogP) is 3.20. The quantitative estimate of drug-likeness (QED) is 0.331. The number of phenols is 1. The van der Waals surface area contributed by atoms with Crippen LogP contribution in [0.5, 0.6) is 5.75 Å². The molecule has 4 N–H and O–H groups in total. The first-order chi connectivity index (χ1) is 18.3. The molecule has 6 rings (SSSR count). The van der Waals surface area contributed by atoms with Gasteiger partial charge < -0.3 is 20.3 Å². The lowest BCUT2D eigenvalue weighted by molar-refractivity contribution is -0.140. The van der Waals surface area contributed by atoms with E-state index in [-0.39, 0.29) is 23.7 Å². The number of aromatic amines is 2. The van der Waals surface area contributed by atoms with E-state index >= 15 is 0 Å². The van der Waals surface area contributed by atoms with Crippen LogP contribution in [0.15, 0.2) is 30.3 Å². The number of likely N-dealkylation sites (N-methyl/N-ethyl adjacent to an activating group) is 1. The van der Waals surface area contributed by atoms with Crippen molar-refractivity contribution in [3.8, 4) is 28.4 Å². The van der Waals surface area contributed by atoms with Gasteiger partial charge in [0.05, 0.1) is 22.9 Å². The van der Waals surface area contributed by atoms with E-state index in [0.29, 0.717) is 30.9 Å². The van der Waals surface area contributed by atoms with Gasteiger partial charge in [0, 0.05) is 44.0 Å². The maximum Gasteiger partial charge on any atom is 0.240 e. The van der Waals surface area contributed by atoms with Crippen molar-refractivity contribution >= 4 is 16.8 Å². The average Bonchev–Trinajstić information content (AvgIpc) is 3.52. The molecule has 10 heteroatoms. The number of aryl methyl sites for hydroxylation is 1. The summed E-state index contributed by atoms with van der Waals surface area (Å²) in [6, 6.07) is 8.63. The molecule has 0 spiro atoms. The van der Waals surface area contributed by atoms with Gasteiger partial charge in [-0.25, -0.2) is 9.37 Å². The van der Waals surface area contributed by atoms with Crippen LogP contribution in [0.1, 0.15) is 30.8 Å². The number of carbonyl (C=O) groups excluding carboxylic acids is 1. The van der Waals surface area contributed by atoms with Gasteiger partial charge in [0.25, 0.3) is 0 Å². The largest absolute Gasteiger partial charge is 0.505 e. The number of piperazine rings is 1. The molecule has 2 aromatic heterocycles. The van der Waals surface area contributed by atoms with Gasteiger partial charge >= 0.3 is 0 Å². The number of aromatic hydroxyl groups is 1. The Balaban J connectivity index is 1.29. The third kappa shape index (κ3) is 4.13. The van der Waals surface area contributed by atoms with Crippen LogP contribution < -0.4 is 5.32 Å². The van der Waals surface area contributed by atoms with Gasteiger partial charge in [0.15, 0.2) is 17.4 Å². The number of halogens is 1. The van der Waals surface area contributed by atoms with Crippen LogP contribution in [0.4, 0.5) is 4.39 Å². The molecule has 4 aromatic rings. The zero-order valence-electron chi connectivity index (χ0n) is 21.8. The van der Waals surface area contributed by atoms with Gasteiger partial charge in [-0.2, -0.15) is 5.10 Å². The van der Waals surface area contributed by atoms with Gasteiger partial charge in [-0.05, 0) is 61.3 Å². The molecule has 1 amide bonds. The number of nitrogens with zero attached hydrogens (tertiary/aromatic N) is 4. The van der Waals surface area contributed by atoms with Crippen molar-refractivity contribution in [2.75, 3.05) is 26.7 Å². The summed E-state index contributed by atoms with van der Waals surface area (Å²) < 4.78 is 14.2. The predicted molar refractivity (Wildman–Crippen MR) is 143 cm³/mol. The van der Waals surface area contributed by atoms with Crippen molar-refractivity contribution in [1.29, 1.82) is 0 Å². The van der Waals surface area contributed by atoms with E-state index in [9.17, 15) is 14.3 Å². The van der Waals surface area contributed by atoms with Crippen molar-refractivity contribution in [2.45, 2.75) is 45.3 Å². The van der Waals surface area contributed by atoms with Crippen LogP contribution in [0.25, 0.3) is 33.5 Å². The van der Waals surface area contributed by atoms with Crippen LogP contribution in [-0.4, -0.2) is 79.7 Å². The Kier molecular flexibility index (Phi) is 6.16. The molecule has 1 saturated heterocycles. The van der Waals surface area contributed by atoms with Crippen LogP contribution in [0.3, 0.4) is 0 Å². The lowest BCUT2D eigenvalue weighted by Crippen LogP contribution is -2.58. The van der Waals surface area contributed by atoms with Crippen molar-refractivity contribution in [3.63, 3.8) is 0 Å². The van der Waals surface area contributed by atoms with Crippen LogP contribution in [0.2, 0.25) is 0 Å². The first kappa shape index (κ1) is 24.6. The Bertz CT molecular complexity index is 1530. The highest BCUT2D eigenvalue weighted by Gasteiger charge is 2.36. The molecule has 1 fully saturated rings. The number of fused-ring (bicyclic) bond motifs is 2. The molecule has 38 heavy (non-hydrogen) atoms. The molecular weight excluding hydrogens is 485 g/mol. The average molecular weight is 518 g/mol. The maximum absolute atomic E-state index is 14.2. The van der Waals surface area contributed by atoms with Crippen molar-refractivity contribution in [1.82, 2.24) is 35.3 Å². The fourth-order valence-electron chi connectivity index (χ4n) is 5.73. The summed E-state index contributed by atoms with van der Waals surface area (Å²) in [7, 11) is 1.99. The van der Waals surface area contributed by atoms with Gasteiger partial charge in [0.1, 0.15) is 5.69 Å². The summed E-state index contributed by atoms with van der Waals surface area (Å²) in [6.07, 6.45) is 1.22. The molecule has 2 aliphatic heterocycles. The number of benzene rings is 2. The summed E-state index contributed by atoms with van der Waals surface area (Å²) >= 11 is 0. The monoisotopic (exact) mass is 517 g/mol. The highest BCUT2D eigenvalue weighted by molar-refractivity contribution is 5.94. The number of carbonyl (C=O) groups is 1. The molecule has 0 saturated carbocycles. The van der Waals surface area contributed by atoms with Crippen molar-refractivity contribution in [2.24, 2.45) is 0 Å². The number of nitrogens with one attached hydrogen (secondary N) is 3. The molecule has 2 atom stereocenters. The number of hydrogen-bond donors (Lipinski definition) is 4. The van der Waals surface area contributed by atoms with Gasteiger partial charge in [0.2, 0.25) is 5.91 Å². The minimum absolute atomic E-state index is 0.159. The number of hydrogen-bond acceptors (Lipinski definition) is 6. The van der Waals surface area contributed by atoms with Crippen molar-refractivity contribution in [3.05, 3.63) is 53.1 Å². The van der Waals surface area contributed by atoms with Gasteiger partial charge in [-0.1, -0.05) is 13.0 Å². The Morgan fingerprint density at radius 2 is 2.11 bits per heavy atom. The molecule has 2 aromatic carbocycles. The second kappa shape index (κ2) is 9.52. The van der Waals surface area contributed by atoms with Crippen LogP contribution in [-0.2, 0) is 24.2 Å². The summed E-state index contributed by atoms with van der Waals surface area (Å²) in [5.74, 6) is -0.159. The minimum Gasteiger partial charge on any atom is -0.505 e. The van der Waals surface area contributed by atoms with Gasteiger partial charge in [-0.15, -0.1) is 0 Å². The van der Waals surface area contributed by atoms with Crippen molar-refractivity contribution < 1.29 is 14.3 Å². The van der Waals surface area contributed by atoms with E-state index in [4.69, 9.17) is 4.98 Å². The Morgan fingerprint density at radius 1 is 1.26 bits per heavy atom. The minimum atomic E-state index is -0.642. The lowest BCUT2D eigenvalue weighted by Gasteiger charge is -2.39. The van der Waals surface area contributed by atoms with Gasteiger partial charge in [-0.3, -0.25) is 14.8 Å². The van der Waals surface area contributed by atoms with E-state index in [1.807, 2.05) is 37.1 Å². The maximum atomic E-state index is 14.2. The summed E-state index contributed by atoms with van der Waals surface area (Å²) in [5.41, 5.74) is 5.86. The molecule has 0 unspecified atom stereocenters. The third-order valence-corrected chi connectivity index (χ3v) is 7.91. The molecular formula is C28H32FN7O2. The topological polar surface area (TPSA) is 113 Å². The number of aromatic nitrogens is 4. The highest BCUT2D eigenvalue weighted by atomic mass is 19.1. The fourth-order valence-corrected chi connectivity index (χ4v) is 5.73. The smallest absolute Gasteiger partial charge is 0.240 e. The van der Waals surface area contributed by atoms with Crippen LogP contribution in [0, 0.1) is 5.82 Å². The second-order valence-corrected chi connectivity index (χ2v) is 10.4. The number of amides is 1. The Hall–Kier alpha value is -3.76. The zero-order valence-corrected chi connectivity index (χ0v) is 21.8. The zero-order chi connectivity index (χ0) is 26.6. The first-order valence-corrected chi connectivity index (χ1v) is 13.1. The molecule has 2 aliphatic rings. The molecule has 0 bridgehead atoms. The number of imidazole rings is 1. The second-order valence-electron chi connectivity index (χ2n) is 10.4. The fraction of sp³-hybridized carbons (Fsp3) is 0.393. The SMILES string of the molecule is CCc1cc(O)c(F)cc1-c1ccc2c(-c3nc4c([nH]3)CN(C)[C@H](C(=O)N3CCNC[C@@H]3C)C4)n[nH]c2c1. The summed E-state index contributed by atoms with van der Waals surface area (Å²) in [5, 5.41) is 21.7. The normalized spacial score (nSPS) is 20.2. The summed E-state index contributed by atoms with van der Waals surface area (Å²) in [4.78, 5) is 25.8. The third-order valence-electron chi connectivity index (χ3n) is 7.91. The highest BCUT2D eigenvalue weighted by Crippen LogP contribution is 2.34. The van der Waals surface area contributed by atoms with E-state index < -0.39 is 5.82 Å². The van der Waals surface area contributed by atoms with E-state index in [1.54, 1.807) is 0 Å². The van der Waals surface area contributed by atoms with E-state index in [0.717, 1.165) is 58.6 Å². The molecule has 9 nitrogen and oxygen atoms in total. The Morgan fingerprint density at radius 3 is 2.89 bits per heavy atom. The van der Waals surface area contributed by atoms with E-state index in [1.165, 1.54) is 12.1 Å². The number of rotatable bonds is 4. The number of phenolic OH excluding ortho intramolecular Hbond substituents is 1. The summed E-state index contributed by atoms with van der Waals surface area (Å²) in [6.45, 7) is 7.02. The molecule has 0 radical (unpaired) electrons. The standard InChI is InChI=1S/C28H32FN7O2/c1-4-16-10-25(37)20(29)11-19(16)17-5-6-18-21(9-17)33-34-26(18)27-31-22-12-24(35(3)14-23(22)32-27)28(38)36-8-7-30-13-15(36)2/h5-6,9-11,15,24,30,37H,4,7-8,12-14H2,1-3H3,(H,31,32)(H,33,34)/t15-,24-/m0/s1. The molecule has 4 heterocycles. The van der Waals surface area contributed by atoms with Crippen LogP contribution >= 0.6 is 0 Å². The molecule has 0 aliphatic carbocycles. The first-order valence-electron chi connectivity index (χ1n) is 13.1. The lowest BCUT2D eigenvalue weighted by atomic mass is 9.96. The molecule has 198 valence electrons. The number of H-pyrrole nitrogens is 2. The van der Waals surface area contributed by atoms with E-state index in [2.05, 4.69) is 32.3 Å².